The molecule has 0 saturated carbocycles. The van der Waals surface area contributed by atoms with Crippen LogP contribution >= 0.6 is 0 Å². The van der Waals surface area contributed by atoms with Crippen molar-refractivity contribution >= 4 is 32.7 Å². The second kappa shape index (κ2) is 8.80. The zero-order valence-corrected chi connectivity index (χ0v) is 22.9. The Balaban J connectivity index is 1.31. The van der Waals surface area contributed by atoms with E-state index in [2.05, 4.69) is 146 Å². The van der Waals surface area contributed by atoms with Crippen LogP contribution in [0.3, 0.4) is 0 Å². The minimum absolute atomic E-state index is 0.414. The van der Waals surface area contributed by atoms with Crippen molar-refractivity contribution in [1.29, 1.82) is 0 Å². The van der Waals surface area contributed by atoms with Gasteiger partial charge in [0.25, 0.3) is 0 Å². The fourth-order valence-corrected chi connectivity index (χ4v) is 7.37. The molecule has 0 unspecified atom stereocenters. The van der Waals surface area contributed by atoms with Gasteiger partial charge in [-0.05, 0) is 79.5 Å². The van der Waals surface area contributed by atoms with Crippen LogP contribution in [-0.4, -0.2) is 0 Å². The van der Waals surface area contributed by atoms with Crippen molar-refractivity contribution in [1.82, 2.24) is 0 Å². The van der Waals surface area contributed by atoms with Crippen LogP contribution in [0.15, 0.2) is 162 Å². The summed E-state index contributed by atoms with van der Waals surface area (Å²) < 4.78 is 6.22. The number of hydrogen-bond acceptors (Lipinski definition) is 1. The van der Waals surface area contributed by atoms with Gasteiger partial charge in [0, 0.05) is 10.8 Å². The monoisotopic (exact) mass is 534 g/mol. The molecule has 0 fully saturated rings. The molecule has 0 amide bonds. The third-order valence-electron chi connectivity index (χ3n) is 9.14. The predicted molar refractivity (Wildman–Crippen MR) is 174 cm³/mol. The highest BCUT2D eigenvalue weighted by Crippen LogP contribution is 2.58. The molecule has 0 atom stereocenters. The summed E-state index contributed by atoms with van der Waals surface area (Å²) in [7, 11) is 0. The Morgan fingerprint density at radius 1 is 0.405 bits per heavy atom. The van der Waals surface area contributed by atoms with Gasteiger partial charge in [-0.15, -0.1) is 0 Å². The van der Waals surface area contributed by atoms with Crippen molar-refractivity contribution in [2.24, 2.45) is 0 Å². The number of benzene rings is 7. The van der Waals surface area contributed by atoms with E-state index in [1.165, 1.54) is 49.7 Å². The molecule has 1 aromatic heterocycles. The van der Waals surface area contributed by atoms with E-state index in [0.29, 0.717) is 0 Å². The first-order chi connectivity index (χ1) is 20.8. The minimum Gasteiger partial charge on any atom is -0.456 e. The fourth-order valence-electron chi connectivity index (χ4n) is 7.37. The molecular formula is C41H26O. The molecule has 1 nitrogen and oxygen atoms in total. The topological polar surface area (TPSA) is 13.1 Å². The molecule has 0 aliphatic heterocycles. The normalized spacial score (nSPS) is 13.4. The summed E-state index contributed by atoms with van der Waals surface area (Å²) in [6, 6.07) is 57.4. The maximum atomic E-state index is 6.22. The van der Waals surface area contributed by atoms with Gasteiger partial charge in [-0.1, -0.05) is 133 Å². The van der Waals surface area contributed by atoms with Crippen LogP contribution in [-0.2, 0) is 5.41 Å². The minimum atomic E-state index is -0.414. The van der Waals surface area contributed by atoms with Crippen LogP contribution in [0.1, 0.15) is 22.3 Å². The third-order valence-corrected chi connectivity index (χ3v) is 9.14. The van der Waals surface area contributed by atoms with E-state index < -0.39 is 5.41 Å². The number of fused-ring (bicyclic) bond motifs is 8. The lowest BCUT2D eigenvalue weighted by Crippen LogP contribution is -2.28. The van der Waals surface area contributed by atoms with Crippen molar-refractivity contribution < 1.29 is 4.42 Å². The van der Waals surface area contributed by atoms with Crippen LogP contribution in [0, 0.1) is 0 Å². The standard InChI is InChI=1S/C41H26O/c1-3-11-30(12-4-1)41(31-13-5-2-6-14-31)37-17-9-7-15-33(37)36-24-21-29-25-27(19-22-32(29)40(36)41)28-20-23-35-34-16-8-10-18-38(34)42-39(35)26-28/h1-26H. The molecule has 8 aromatic rings. The molecule has 1 heterocycles. The van der Waals surface area contributed by atoms with Gasteiger partial charge in [-0.2, -0.15) is 0 Å². The second-order valence-corrected chi connectivity index (χ2v) is 11.3. The van der Waals surface area contributed by atoms with E-state index in [9.17, 15) is 0 Å². The molecule has 0 spiro atoms. The Hall–Kier alpha value is -5.40. The first-order valence-electron chi connectivity index (χ1n) is 14.5. The lowest BCUT2D eigenvalue weighted by molar-refractivity contribution is 0.669. The molecule has 1 aliphatic rings. The number of hydrogen-bond donors (Lipinski definition) is 0. The summed E-state index contributed by atoms with van der Waals surface area (Å²) in [5.74, 6) is 0. The van der Waals surface area contributed by atoms with Gasteiger partial charge in [0.05, 0.1) is 5.41 Å². The van der Waals surface area contributed by atoms with Crippen molar-refractivity contribution in [2.45, 2.75) is 5.41 Å². The summed E-state index contributed by atoms with van der Waals surface area (Å²) in [4.78, 5) is 0. The third kappa shape index (κ3) is 3.14. The lowest BCUT2D eigenvalue weighted by atomic mass is 9.66. The van der Waals surface area contributed by atoms with Gasteiger partial charge in [-0.3, -0.25) is 0 Å². The van der Waals surface area contributed by atoms with E-state index in [1.807, 2.05) is 12.1 Å². The van der Waals surface area contributed by atoms with Crippen LogP contribution in [0.2, 0.25) is 0 Å². The SMILES string of the molecule is c1ccc(C2(c3ccccc3)c3ccccc3-c3ccc4cc(-c5ccc6c(c5)oc5ccccc56)ccc4c32)cc1. The van der Waals surface area contributed by atoms with E-state index in [1.54, 1.807) is 0 Å². The van der Waals surface area contributed by atoms with Crippen molar-refractivity contribution in [2.75, 3.05) is 0 Å². The second-order valence-electron chi connectivity index (χ2n) is 11.3. The van der Waals surface area contributed by atoms with Gasteiger partial charge in [0.2, 0.25) is 0 Å². The highest BCUT2D eigenvalue weighted by atomic mass is 16.3. The molecular weight excluding hydrogens is 508 g/mol. The maximum absolute atomic E-state index is 6.22. The van der Waals surface area contributed by atoms with Gasteiger partial charge >= 0.3 is 0 Å². The van der Waals surface area contributed by atoms with Gasteiger partial charge in [-0.25, -0.2) is 0 Å². The zero-order chi connectivity index (χ0) is 27.7. The smallest absolute Gasteiger partial charge is 0.136 e. The summed E-state index contributed by atoms with van der Waals surface area (Å²) in [5.41, 5.74) is 11.7. The fraction of sp³-hybridized carbons (Fsp3) is 0.0244. The van der Waals surface area contributed by atoms with Gasteiger partial charge in [0.15, 0.2) is 0 Å². The number of furan rings is 1. The molecule has 7 aromatic carbocycles. The summed E-state index contributed by atoms with van der Waals surface area (Å²) in [5, 5.41) is 4.83. The Morgan fingerprint density at radius 2 is 1.02 bits per heavy atom. The highest BCUT2D eigenvalue weighted by Gasteiger charge is 2.46. The van der Waals surface area contributed by atoms with E-state index in [-0.39, 0.29) is 0 Å². The molecule has 9 rings (SSSR count). The molecule has 1 aliphatic carbocycles. The van der Waals surface area contributed by atoms with E-state index in [0.717, 1.165) is 27.5 Å². The van der Waals surface area contributed by atoms with Gasteiger partial charge in [0.1, 0.15) is 11.2 Å². The van der Waals surface area contributed by atoms with Crippen LogP contribution in [0.4, 0.5) is 0 Å². The largest absolute Gasteiger partial charge is 0.456 e. The molecule has 0 bridgehead atoms. The highest BCUT2D eigenvalue weighted by molar-refractivity contribution is 6.06. The summed E-state index contributed by atoms with van der Waals surface area (Å²) in [6.07, 6.45) is 0. The Bertz CT molecular complexity index is 2250. The molecule has 196 valence electrons. The van der Waals surface area contributed by atoms with E-state index >= 15 is 0 Å². The lowest BCUT2D eigenvalue weighted by Gasteiger charge is -2.34. The Kier molecular flexibility index (Phi) is 4.88. The summed E-state index contributed by atoms with van der Waals surface area (Å²) in [6.45, 7) is 0. The van der Waals surface area contributed by atoms with Crippen LogP contribution in [0.5, 0.6) is 0 Å². The van der Waals surface area contributed by atoms with Crippen LogP contribution < -0.4 is 0 Å². The number of rotatable bonds is 3. The van der Waals surface area contributed by atoms with Gasteiger partial charge < -0.3 is 4.42 Å². The molecule has 0 saturated heterocycles. The quantitative estimate of drug-likeness (QED) is 0.220. The number of para-hydroxylation sites is 1. The molecule has 0 radical (unpaired) electrons. The first-order valence-corrected chi connectivity index (χ1v) is 14.5. The van der Waals surface area contributed by atoms with Crippen molar-refractivity contribution in [3.63, 3.8) is 0 Å². The predicted octanol–water partition coefficient (Wildman–Crippen LogP) is 10.8. The van der Waals surface area contributed by atoms with Crippen molar-refractivity contribution in [3.8, 4) is 22.3 Å². The van der Waals surface area contributed by atoms with E-state index in [4.69, 9.17) is 4.42 Å². The molecule has 1 heteroatoms. The molecule has 42 heavy (non-hydrogen) atoms. The Labute approximate surface area is 244 Å². The van der Waals surface area contributed by atoms with Crippen molar-refractivity contribution in [3.05, 3.63) is 180 Å². The van der Waals surface area contributed by atoms with Crippen LogP contribution in [0.25, 0.3) is 55.0 Å². The first kappa shape index (κ1) is 23.3. The average Bonchev–Trinajstić information content (AvgIpc) is 3.59. The molecule has 0 N–H and O–H groups in total. The Morgan fingerprint density at radius 3 is 1.81 bits per heavy atom. The average molecular weight is 535 g/mol. The summed E-state index contributed by atoms with van der Waals surface area (Å²) >= 11 is 0. The maximum Gasteiger partial charge on any atom is 0.136 e. The zero-order valence-electron chi connectivity index (χ0n) is 22.9.